The molecule has 2 aromatic heterocycles. The van der Waals surface area contributed by atoms with E-state index in [2.05, 4.69) is 10.3 Å². The summed E-state index contributed by atoms with van der Waals surface area (Å²) in [6, 6.07) is 12.6. The van der Waals surface area contributed by atoms with Gasteiger partial charge in [-0.2, -0.15) is 0 Å². The molecule has 0 aliphatic rings. The standard InChI is InChI=1S/C16H14N2O3S/c19-9-8-17-16-18-13(12-7-4-10-21-12)15(22-16)14(20)11-5-2-1-3-6-11/h1-7,10,19H,8-9H2,(H,17,18). The number of rotatable bonds is 6. The molecular weight excluding hydrogens is 300 g/mol. The summed E-state index contributed by atoms with van der Waals surface area (Å²) < 4.78 is 5.38. The Balaban J connectivity index is 2.01. The molecule has 3 aromatic rings. The van der Waals surface area contributed by atoms with Crippen LogP contribution in [0.3, 0.4) is 0 Å². The summed E-state index contributed by atoms with van der Waals surface area (Å²) in [5.74, 6) is 0.453. The molecule has 0 spiro atoms. The summed E-state index contributed by atoms with van der Waals surface area (Å²) in [6.45, 7) is 0.377. The molecule has 0 atom stereocenters. The van der Waals surface area contributed by atoms with Crippen molar-refractivity contribution in [2.45, 2.75) is 0 Å². The SMILES string of the molecule is O=C(c1ccccc1)c1sc(NCCO)nc1-c1ccco1. The molecule has 0 aliphatic heterocycles. The van der Waals surface area contributed by atoms with E-state index in [0.29, 0.717) is 33.6 Å². The van der Waals surface area contributed by atoms with E-state index < -0.39 is 0 Å². The van der Waals surface area contributed by atoms with Crippen LogP contribution in [-0.2, 0) is 0 Å². The quantitative estimate of drug-likeness (QED) is 0.684. The minimum Gasteiger partial charge on any atom is -0.463 e. The summed E-state index contributed by atoms with van der Waals surface area (Å²) in [4.78, 5) is 17.6. The van der Waals surface area contributed by atoms with E-state index in [1.807, 2.05) is 18.2 Å². The third-order valence-corrected chi connectivity index (χ3v) is 4.02. The number of benzene rings is 1. The van der Waals surface area contributed by atoms with Gasteiger partial charge < -0.3 is 14.8 Å². The van der Waals surface area contributed by atoms with Crippen LogP contribution in [-0.4, -0.2) is 29.0 Å². The normalized spacial score (nSPS) is 10.6. The number of furan rings is 1. The first-order valence-electron chi connectivity index (χ1n) is 6.79. The van der Waals surface area contributed by atoms with Crippen molar-refractivity contribution in [2.75, 3.05) is 18.5 Å². The molecule has 0 radical (unpaired) electrons. The van der Waals surface area contributed by atoms with E-state index in [4.69, 9.17) is 9.52 Å². The number of aliphatic hydroxyl groups excluding tert-OH is 1. The third kappa shape index (κ3) is 2.93. The number of ketones is 1. The van der Waals surface area contributed by atoms with Gasteiger partial charge in [0.25, 0.3) is 0 Å². The second-order valence-electron chi connectivity index (χ2n) is 4.52. The smallest absolute Gasteiger partial charge is 0.205 e. The number of aromatic nitrogens is 1. The largest absolute Gasteiger partial charge is 0.463 e. The van der Waals surface area contributed by atoms with Crippen molar-refractivity contribution in [3.05, 3.63) is 59.2 Å². The van der Waals surface area contributed by atoms with Crippen LogP contribution in [0, 0.1) is 0 Å². The molecule has 2 N–H and O–H groups in total. The van der Waals surface area contributed by atoms with Gasteiger partial charge in [-0.25, -0.2) is 4.98 Å². The van der Waals surface area contributed by atoms with Crippen LogP contribution in [0.15, 0.2) is 53.1 Å². The van der Waals surface area contributed by atoms with Crippen LogP contribution in [0.2, 0.25) is 0 Å². The Morgan fingerprint density at radius 3 is 2.73 bits per heavy atom. The van der Waals surface area contributed by atoms with E-state index in [1.54, 1.807) is 30.5 Å². The number of nitrogens with one attached hydrogen (secondary N) is 1. The van der Waals surface area contributed by atoms with Crippen LogP contribution in [0.1, 0.15) is 15.2 Å². The average molecular weight is 314 g/mol. The molecule has 3 rings (SSSR count). The maximum atomic E-state index is 12.7. The zero-order valence-electron chi connectivity index (χ0n) is 11.7. The third-order valence-electron chi connectivity index (χ3n) is 3.01. The van der Waals surface area contributed by atoms with Gasteiger partial charge in [0.1, 0.15) is 10.6 Å². The van der Waals surface area contributed by atoms with Gasteiger partial charge in [-0.3, -0.25) is 4.79 Å². The molecule has 0 bridgehead atoms. The van der Waals surface area contributed by atoms with E-state index >= 15 is 0 Å². The van der Waals surface area contributed by atoms with Gasteiger partial charge in [0, 0.05) is 12.1 Å². The number of hydrogen-bond donors (Lipinski definition) is 2. The van der Waals surface area contributed by atoms with Crippen LogP contribution in [0.25, 0.3) is 11.5 Å². The summed E-state index contributed by atoms with van der Waals surface area (Å²) in [5, 5.41) is 12.5. The van der Waals surface area contributed by atoms with Crippen LogP contribution in [0.5, 0.6) is 0 Å². The highest BCUT2D eigenvalue weighted by Gasteiger charge is 2.22. The Morgan fingerprint density at radius 2 is 2.05 bits per heavy atom. The van der Waals surface area contributed by atoms with Gasteiger partial charge in [-0.05, 0) is 12.1 Å². The monoisotopic (exact) mass is 314 g/mol. The lowest BCUT2D eigenvalue weighted by Crippen LogP contribution is -2.04. The van der Waals surface area contributed by atoms with Crippen molar-refractivity contribution in [1.29, 1.82) is 0 Å². The second-order valence-corrected chi connectivity index (χ2v) is 5.52. The lowest BCUT2D eigenvalue weighted by atomic mass is 10.1. The summed E-state index contributed by atoms with van der Waals surface area (Å²) in [6.07, 6.45) is 1.55. The number of thiazole rings is 1. The minimum absolute atomic E-state index is 0.00235. The van der Waals surface area contributed by atoms with E-state index in [9.17, 15) is 4.79 Å². The first kappa shape index (κ1) is 14.5. The van der Waals surface area contributed by atoms with Crippen LogP contribution >= 0.6 is 11.3 Å². The van der Waals surface area contributed by atoms with Gasteiger partial charge in [-0.15, -0.1) is 0 Å². The zero-order chi connectivity index (χ0) is 15.4. The van der Waals surface area contributed by atoms with Gasteiger partial charge >= 0.3 is 0 Å². The Bertz CT molecular complexity index is 751. The molecule has 0 amide bonds. The van der Waals surface area contributed by atoms with Crippen molar-refractivity contribution >= 4 is 22.3 Å². The average Bonchev–Trinajstić information content (AvgIpc) is 3.22. The summed E-state index contributed by atoms with van der Waals surface area (Å²) in [5.41, 5.74) is 1.12. The number of hydrogen-bond acceptors (Lipinski definition) is 6. The van der Waals surface area contributed by atoms with Crippen molar-refractivity contribution in [2.24, 2.45) is 0 Å². The number of carbonyl (C=O) groups excluding carboxylic acids is 1. The lowest BCUT2D eigenvalue weighted by Gasteiger charge is -1.99. The number of anilines is 1. The van der Waals surface area contributed by atoms with Crippen molar-refractivity contribution < 1.29 is 14.3 Å². The van der Waals surface area contributed by atoms with E-state index in [-0.39, 0.29) is 12.4 Å². The Hall–Kier alpha value is -2.44. The first-order chi connectivity index (χ1) is 10.8. The molecule has 0 saturated carbocycles. The fourth-order valence-electron chi connectivity index (χ4n) is 2.01. The number of nitrogens with zero attached hydrogens (tertiary/aromatic N) is 1. The molecule has 0 unspecified atom stereocenters. The molecule has 6 heteroatoms. The van der Waals surface area contributed by atoms with Gasteiger partial charge in [0.15, 0.2) is 10.9 Å². The Labute approximate surface area is 131 Å². The van der Waals surface area contributed by atoms with E-state index in [1.165, 1.54) is 11.3 Å². The summed E-state index contributed by atoms with van der Waals surface area (Å²) in [7, 11) is 0. The predicted octanol–water partition coefficient (Wildman–Crippen LogP) is 3.04. The molecule has 5 nitrogen and oxygen atoms in total. The summed E-state index contributed by atoms with van der Waals surface area (Å²) >= 11 is 1.26. The first-order valence-corrected chi connectivity index (χ1v) is 7.60. The fraction of sp³-hybridized carbons (Fsp3) is 0.125. The minimum atomic E-state index is -0.0958. The predicted molar refractivity (Wildman–Crippen MR) is 85.3 cm³/mol. The van der Waals surface area contributed by atoms with Crippen LogP contribution in [0.4, 0.5) is 5.13 Å². The highest BCUT2D eigenvalue weighted by atomic mass is 32.1. The topological polar surface area (TPSA) is 75.4 Å². The second kappa shape index (κ2) is 6.55. The molecule has 0 fully saturated rings. The van der Waals surface area contributed by atoms with Crippen molar-refractivity contribution in [1.82, 2.24) is 4.98 Å². The molecule has 0 aliphatic carbocycles. The van der Waals surface area contributed by atoms with Crippen molar-refractivity contribution in [3.8, 4) is 11.5 Å². The highest BCUT2D eigenvalue weighted by molar-refractivity contribution is 7.18. The van der Waals surface area contributed by atoms with Gasteiger partial charge in [-0.1, -0.05) is 41.7 Å². The van der Waals surface area contributed by atoms with Crippen molar-refractivity contribution in [3.63, 3.8) is 0 Å². The van der Waals surface area contributed by atoms with Gasteiger partial charge in [0.2, 0.25) is 5.78 Å². The molecule has 0 saturated heterocycles. The van der Waals surface area contributed by atoms with Crippen LogP contribution < -0.4 is 5.32 Å². The fourth-order valence-corrected chi connectivity index (χ4v) is 2.97. The van der Waals surface area contributed by atoms with E-state index in [0.717, 1.165) is 0 Å². The number of carbonyl (C=O) groups is 1. The maximum absolute atomic E-state index is 12.7. The molecule has 22 heavy (non-hydrogen) atoms. The number of aliphatic hydroxyl groups is 1. The lowest BCUT2D eigenvalue weighted by molar-refractivity contribution is 0.104. The Morgan fingerprint density at radius 1 is 1.23 bits per heavy atom. The zero-order valence-corrected chi connectivity index (χ0v) is 12.5. The molecular formula is C16H14N2O3S. The van der Waals surface area contributed by atoms with Gasteiger partial charge in [0.05, 0.1) is 12.9 Å². The maximum Gasteiger partial charge on any atom is 0.205 e. The molecule has 2 heterocycles. The highest BCUT2D eigenvalue weighted by Crippen LogP contribution is 2.33. The molecule has 1 aromatic carbocycles. The Kier molecular flexibility index (Phi) is 4.32. The molecule has 112 valence electrons.